The molecule has 8 nitrogen and oxygen atoms in total. The summed E-state index contributed by atoms with van der Waals surface area (Å²) >= 11 is 0. The van der Waals surface area contributed by atoms with E-state index >= 15 is 0 Å². The monoisotopic (exact) mass is 357 g/mol. The first-order chi connectivity index (χ1) is 12.8. The van der Waals surface area contributed by atoms with Crippen molar-refractivity contribution in [2.75, 3.05) is 44.3 Å². The van der Waals surface area contributed by atoms with Gasteiger partial charge in [-0.2, -0.15) is 4.98 Å². The summed E-state index contributed by atoms with van der Waals surface area (Å²) in [4.78, 5) is 25.3. The SMILES string of the molecule is O=C(c1nc(-c2ccnc(N3CCOCC3)c2)no1)N1CCCCCC1. The lowest BCUT2D eigenvalue weighted by Gasteiger charge is -2.27. The van der Waals surface area contributed by atoms with Gasteiger partial charge in [-0.25, -0.2) is 4.98 Å². The van der Waals surface area contributed by atoms with E-state index in [1.165, 1.54) is 12.8 Å². The number of pyridine rings is 1. The van der Waals surface area contributed by atoms with Crippen molar-refractivity contribution in [2.45, 2.75) is 25.7 Å². The third kappa shape index (κ3) is 3.70. The van der Waals surface area contributed by atoms with Gasteiger partial charge in [-0.1, -0.05) is 18.0 Å². The van der Waals surface area contributed by atoms with Crippen molar-refractivity contribution in [3.8, 4) is 11.4 Å². The number of rotatable bonds is 3. The second-order valence-corrected chi connectivity index (χ2v) is 6.63. The van der Waals surface area contributed by atoms with E-state index in [1.54, 1.807) is 6.20 Å². The zero-order chi connectivity index (χ0) is 17.8. The number of hydrogen-bond acceptors (Lipinski definition) is 7. The van der Waals surface area contributed by atoms with Crippen molar-refractivity contribution < 1.29 is 14.1 Å². The Hall–Kier alpha value is -2.48. The molecule has 4 heterocycles. The molecule has 138 valence electrons. The highest BCUT2D eigenvalue weighted by Gasteiger charge is 2.23. The Balaban J connectivity index is 1.51. The van der Waals surface area contributed by atoms with Crippen molar-refractivity contribution in [1.29, 1.82) is 0 Å². The molecule has 0 radical (unpaired) electrons. The van der Waals surface area contributed by atoms with Gasteiger partial charge in [-0.05, 0) is 25.0 Å². The zero-order valence-corrected chi connectivity index (χ0v) is 14.8. The molecule has 1 amide bonds. The number of morpholine rings is 1. The molecule has 8 heteroatoms. The van der Waals surface area contributed by atoms with Gasteiger partial charge in [0.2, 0.25) is 5.82 Å². The van der Waals surface area contributed by atoms with Gasteiger partial charge >= 0.3 is 11.8 Å². The van der Waals surface area contributed by atoms with E-state index < -0.39 is 0 Å². The highest BCUT2D eigenvalue weighted by molar-refractivity contribution is 5.90. The Morgan fingerprint density at radius 2 is 1.81 bits per heavy atom. The smallest absolute Gasteiger partial charge is 0.316 e. The Bertz CT molecular complexity index is 749. The Morgan fingerprint density at radius 1 is 1.04 bits per heavy atom. The largest absolute Gasteiger partial charge is 0.378 e. The average Bonchev–Trinajstić information content (AvgIpc) is 3.04. The molecule has 0 atom stereocenters. The topological polar surface area (TPSA) is 84.6 Å². The van der Waals surface area contributed by atoms with Crippen LogP contribution < -0.4 is 4.90 Å². The molecule has 2 saturated heterocycles. The van der Waals surface area contributed by atoms with E-state index in [1.807, 2.05) is 17.0 Å². The van der Waals surface area contributed by atoms with E-state index in [9.17, 15) is 4.79 Å². The molecule has 2 aromatic heterocycles. The molecular formula is C18H23N5O3. The maximum absolute atomic E-state index is 12.6. The van der Waals surface area contributed by atoms with Crippen LogP contribution in [-0.2, 0) is 4.74 Å². The number of carbonyl (C=O) groups excluding carboxylic acids is 1. The number of hydrogen-bond donors (Lipinski definition) is 0. The molecule has 4 rings (SSSR count). The van der Waals surface area contributed by atoms with E-state index in [0.717, 1.165) is 50.4 Å². The summed E-state index contributed by atoms with van der Waals surface area (Å²) in [5, 5.41) is 4.01. The second kappa shape index (κ2) is 7.82. The average molecular weight is 357 g/mol. The number of amides is 1. The maximum Gasteiger partial charge on any atom is 0.316 e. The fourth-order valence-electron chi connectivity index (χ4n) is 3.36. The van der Waals surface area contributed by atoms with E-state index in [2.05, 4.69) is 20.0 Å². The van der Waals surface area contributed by atoms with Gasteiger partial charge in [0.25, 0.3) is 0 Å². The quantitative estimate of drug-likeness (QED) is 0.830. The number of aromatic nitrogens is 3. The van der Waals surface area contributed by atoms with Gasteiger partial charge in [0.05, 0.1) is 13.2 Å². The molecule has 0 bridgehead atoms. The summed E-state index contributed by atoms with van der Waals surface area (Å²) in [6, 6.07) is 3.76. The van der Waals surface area contributed by atoms with Crippen molar-refractivity contribution in [3.05, 3.63) is 24.2 Å². The van der Waals surface area contributed by atoms with Crippen LogP contribution >= 0.6 is 0 Å². The van der Waals surface area contributed by atoms with Crippen molar-refractivity contribution >= 4 is 11.7 Å². The molecule has 0 spiro atoms. The number of likely N-dealkylation sites (tertiary alicyclic amines) is 1. The third-order valence-electron chi connectivity index (χ3n) is 4.84. The highest BCUT2D eigenvalue weighted by atomic mass is 16.5. The van der Waals surface area contributed by atoms with Gasteiger partial charge in [0, 0.05) is 37.9 Å². The number of nitrogens with zero attached hydrogens (tertiary/aromatic N) is 5. The van der Waals surface area contributed by atoms with Crippen molar-refractivity contribution in [2.24, 2.45) is 0 Å². The molecule has 0 aliphatic carbocycles. The predicted octanol–water partition coefficient (Wildman–Crippen LogP) is 1.98. The molecule has 0 saturated carbocycles. The summed E-state index contributed by atoms with van der Waals surface area (Å²) in [7, 11) is 0. The van der Waals surface area contributed by atoms with Crippen LogP contribution in [0.5, 0.6) is 0 Å². The fraction of sp³-hybridized carbons (Fsp3) is 0.556. The molecule has 0 unspecified atom stereocenters. The highest BCUT2D eigenvalue weighted by Crippen LogP contribution is 2.22. The number of ether oxygens (including phenoxy) is 1. The molecule has 2 fully saturated rings. The summed E-state index contributed by atoms with van der Waals surface area (Å²) in [5.41, 5.74) is 0.792. The van der Waals surface area contributed by atoms with Gasteiger partial charge in [0.1, 0.15) is 5.82 Å². The van der Waals surface area contributed by atoms with Crippen molar-refractivity contribution in [1.82, 2.24) is 20.0 Å². The Morgan fingerprint density at radius 3 is 2.58 bits per heavy atom. The molecule has 2 aromatic rings. The standard InChI is InChI=1S/C18H23N5O3/c24-18(23-7-3-1-2-4-8-23)17-20-16(21-26-17)14-5-6-19-15(13-14)22-9-11-25-12-10-22/h5-6,13H,1-4,7-12H2. The molecule has 2 aliphatic heterocycles. The lowest BCUT2D eigenvalue weighted by molar-refractivity contribution is 0.0711. The molecular weight excluding hydrogens is 334 g/mol. The number of carbonyl (C=O) groups is 1. The van der Waals surface area contributed by atoms with Gasteiger partial charge in [-0.15, -0.1) is 0 Å². The Labute approximate surface area is 152 Å². The van der Waals surface area contributed by atoms with Crippen LogP contribution in [0.15, 0.2) is 22.9 Å². The second-order valence-electron chi connectivity index (χ2n) is 6.63. The Kier molecular flexibility index (Phi) is 5.10. The van der Waals surface area contributed by atoms with Gasteiger partial charge in [-0.3, -0.25) is 4.79 Å². The molecule has 2 aliphatic rings. The first kappa shape index (κ1) is 17.0. The summed E-state index contributed by atoms with van der Waals surface area (Å²) in [5.74, 6) is 1.16. The van der Waals surface area contributed by atoms with Crippen LogP contribution in [0, 0.1) is 0 Å². The first-order valence-corrected chi connectivity index (χ1v) is 9.23. The number of anilines is 1. The summed E-state index contributed by atoms with van der Waals surface area (Å²) in [6.07, 6.45) is 6.12. The summed E-state index contributed by atoms with van der Waals surface area (Å²) in [6.45, 7) is 4.52. The fourth-order valence-corrected chi connectivity index (χ4v) is 3.36. The van der Waals surface area contributed by atoms with E-state index in [0.29, 0.717) is 19.0 Å². The molecule has 26 heavy (non-hydrogen) atoms. The minimum Gasteiger partial charge on any atom is -0.378 e. The van der Waals surface area contributed by atoms with Gasteiger partial charge < -0.3 is 19.1 Å². The van der Waals surface area contributed by atoms with Crippen LogP contribution in [0.1, 0.15) is 36.4 Å². The van der Waals surface area contributed by atoms with Crippen LogP contribution in [-0.4, -0.2) is 65.3 Å². The predicted molar refractivity (Wildman–Crippen MR) is 94.9 cm³/mol. The van der Waals surface area contributed by atoms with E-state index in [-0.39, 0.29) is 11.8 Å². The van der Waals surface area contributed by atoms with Crippen molar-refractivity contribution in [3.63, 3.8) is 0 Å². The minimum absolute atomic E-state index is 0.0617. The summed E-state index contributed by atoms with van der Waals surface area (Å²) < 4.78 is 10.6. The zero-order valence-electron chi connectivity index (χ0n) is 14.8. The lowest BCUT2D eigenvalue weighted by Crippen LogP contribution is -2.36. The van der Waals surface area contributed by atoms with Crippen LogP contribution in [0.2, 0.25) is 0 Å². The maximum atomic E-state index is 12.6. The van der Waals surface area contributed by atoms with Gasteiger partial charge in [0.15, 0.2) is 0 Å². The van der Waals surface area contributed by atoms with Crippen LogP contribution in [0.4, 0.5) is 5.82 Å². The van der Waals surface area contributed by atoms with Crippen LogP contribution in [0.3, 0.4) is 0 Å². The lowest BCUT2D eigenvalue weighted by atomic mass is 10.2. The molecule has 0 N–H and O–H groups in total. The molecule has 0 aromatic carbocycles. The third-order valence-corrected chi connectivity index (χ3v) is 4.84. The normalized spacial score (nSPS) is 18.6. The van der Waals surface area contributed by atoms with Crippen LogP contribution in [0.25, 0.3) is 11.4 Å². The van der Waals surface area contributed by atoms with E-state index in [4.69, 9.17) is 9.26 Å². The minimum atomic E-state index is -0.173. The first-order valence-electron chi connectivity index (χ1n) is 9.23.